The van der Waals surface area contributed by atoms with Crippen LogP contribution in [0.5, 0.6) is 0 Å². The molecule has 1 aromatic carbocycles. The van der Waals surface area contributed by atoms with Crippen molar-refractivity contribution in [3.63, 3.8) is 0 Å². The lowest BCUT2D eigenvalue weighted by Gasteiger charge is -2.18. The molecular formula is C12H17IN2O2S. The van der Waals surface area contributed by atoms with Gasteiger partial charge in [-0.2, -0.15) is 17.0 Å². The molecule has 0 bridgehead atoms. The molecule has 1 fully saturated rings. The van der Waals surface area contributed by atoms with Crippen molar-refractivity contribution in [3.8, 4) is 0 Å². The largest absolute Gasteiger partial charge is 0.282 e. The van der Waals surface area contributed by atoms with Gasteiger partial charge >= 0.3 is 0 Å². The number of rotatable bonds is 4. The summed E-state index contributed by atoms with van der Waals surface area (Å²) in [6, 6.07) is 7.98. The molecule has 4 nitrogen and oxygen atoms in total. The van der Waals surface area contributed by atoms with E-state index in [2.05, 4.69) is 22.6 Å². The van der Waals surface area contributed by atoms with Gasteiger partial charge in [0.15, 0.2) is 0 Å². The Balaban J connectivity index is 2.09. The van der Waals surface area contributed by atoms with Gasteiger partial charge in [0, 0.05) is 29.7 Å². The maximum Gasteiger partial charge on any atom is 0.282 e. The third kappa shape index (κ3) is 3.04. The van der Waals surface area contributed by atoms with Crippen molar-refractivity contribution >= 4 is 32.8 Å². The summed E-state index contributed by atoms with van der Waals surface area (Å²) in [5.41, 5.74) is 1.04. The Morgan fingerprint density at radius 1 is 1.17 bits per heavy atom. The average molecular weight is 380 g/mol. The summed E-state index contributed by atoms with van der Waals surface area (Å²) in [7, 11) is -3.23. The fourth-order valence-corrected chi connectivity index (χ4v) is 4.08. The molecule has 0 unspecified atom stereocenters. The second kappa shape index (κ2) is 5.85. The smallest absolute Gasteiger partial charge is 0.195 e. The van der Waals surface area contributed by atoms with E-state index in [1.165, 1.54) is 0 Å². The Bertz CT molecular complexity index is 501. The summed E-state index contributed by atoms with van der Waals surface area (Å²) >= 11 is 2.24. The zero-order valence-electron chi connectivity index (χ0n) is 10.3. The predicted octanol–water partition coefficient (Wildman–Crippen LogP) is 2.06. The maximum absolute atomic E-state index is 12.2. The molecular weight excluding hydrogens is 363 g/mol. The highest BCUT2D eigenvalue weighted by Gasteiger charge is 2.35. The van der Waals surface area contributed by atoms with Crippen LogP contribution < -0.4 is 0 Å². The number of hydrogen-bond acceptors (Lipinski definition) is 2. The van der Waals surface area contributed by atoms with Gasteiger partial charge in [-0.1, -0.05) is 19.1 Å². The van der Waals surface area contributed by atoms with E-state index in [4.69, 9.17) is 0 Å². The van der Waals surface area contributed by atoms with Gasteiger partial charge in [0.2, 0.25) is 0 Å². The maximum atomic E-state index is 12.2. The lowest BCUT2D eigenvalue weighted by molar-refractivity contribution is 0.439. The van der Waals surface area contributed by atoms with Crippen molar-refractivity contribution in [2.75, 3.05) is 19.6 Å². The zero-order valence-corrected chi connectivity index (χ0v) is 13.3. The molecule has 0 atom stereocenters. The van der Waals surface area contributed by atoms with Gasteiger partial charge in [0.25, 0.3) is 10.2 Å². The normalized spacial score (nSPS) is 20.3. The first kappa shape index (κ1) is 14.2. The Labute approximate surface area is 122 Å². The summed E-state index contributed by atoms with van der Waals surface area (Å²) in [5, 5.41) is 0. The third-order valence-corrected chi connectivity index (χ3v) is 5.70. The Hall–Kier alpha value is -0.180. The van der Waals surface area contributed by atoms with E-state index >= 15 is 0 Å². The standard InChI is InChI=1S/C12H17IN2O2S/c1-2-7-14-8-9-15(18(14,16)17)10-11-3-5-12(13)6-4-11/h3-6H,2,7-10H2,1H3. The monoisotopic (exact) mass is 380 g/mol. The van der Waals surface area contributed by atoms with E-state index in [9.17, 15) is 8.42 Å². The van der Waals surface area contributed by atoms with Crippen LogP contribution >= 0.6 is 22.6 Å². The first-order valence-corrected chi connectivity index (χ1v) is 8.51. The topological polar surface area (TPSA) is 40.6 Å². The van der Waals surface area contributed by atoms with Crippen molar-refractivity contribution in [1.29, 1.82) is 0 Å². The quantitative estimate of drug-likeness (QED) is 0.751. The Kier molecular flexibility index (Phi) is 4.63. The van der Waals surface area contributed by atoms with Crippen LogP contribution in [-0.2, 0) is 16.8 Å². The van der Waals surface area contributed by atoms with Crippen molar-refractivity contribution in [2.24, 2.45) is 0 Å². The van der Waals surface area contributed by atoms with E-state index in [1.807, 2.05) is 31.2 Å². The second-order valence-electron chi connectivity index (χ2n) is 4.37. The Morgan fingerprint density at radius 3 is 2.39 bits per heavy atom. The lowest BCUT2D eigenvalue weighted by Crippen LogP contribution is -2.33. The molecule has 0 radical (unpaired) electrons. The summed E-state index contributed by atoms with van der Waals surface area (Å²) < 4.78 is 28.7. The zero-order chi connectivity index (χ0) is 13.2. The van der Waals surface area contributed by atoms with Crippen molar-refractivity contribution in [1.82, 2.24) is 8.61 Å². The summed E-state index contributed by atoms with van der Waals surface area (Å²) in [6.45, 7) is 4.29. The molecule has 0 N–H and O–H groups in total. The summed E-state index contributed by atoms with van der Waals surface area (Å²) in [6.07, 6.45) is 0.858. The molecule has 0 aliphatic carbocycles. The Morgan fingerprint density at radius 2 is 1.78 bits per heavy atom. The predicted molar refractivity (Wildman–Crippen MR) is 80.4 cm³/mol. The lowest BCUT2D eigenvalue weighted by atomic mass is 10.2. The molecule has 100 valence electrons. The van der Waals surface area contributed by atoms with E-state index in [0.717, 1.165) is 15.6 Å². The molecule has 0 saturated carbocycles. The highest BCUT2D eigenvalue weighted by Crippen LogP contribution is 2.20. The number of halogens is 1. The molecule has 0 spiro atoms. The van der Waals surface area contributed by atoms with Crippen molar-refractivity contribution < 1.29 is 8.42 Å². The molecule has 2 rings (SSSR count). The van der Waals surface area contributed by atoms with E-state index in [0.29, 0.717) is 26.2 Å². The van der Waals surface area contributed by atoms with Gasteiger partial charge in [-0.05, 0) is 46.7 Å². The molecule has 1 aliphatic heterocycles. The van der Waals surface area contributed by atoms with Crippen LogP contribution in [0.2, 0.25) is 0 Å². The SMILES string of the molecule is CCCN1CCN(Cc2ccc(I)cc2)S1(=O)=O. The molecule has 1 heterocycles. The first-order valence-electron chi connectivity index (χ1n) is 6.03. The number of nitrogens with zero attached hydrogens (tertiary/aromatic N) is 2. The first-order chi connectivity index (χ1) is 8.54. The van der Waals surface area contributed by atoms with Crippen LogP contribution in [0.3, 0.4) is 0 Å². The van der Waals surface area contributed by atoms with Crippen molar-refractivity contribution in [3.05, 3.63) is 33.4 Å². The van der Waals surface area contributed by atoms with Gasteiger partial charge in [-0.25, -0.2) is 0 Å². The van der Waals surface area contributed by atoms with Gasteiger partial charge in [-0.15, -0.1) is 0 Å². The fraction of sp³-hybridized carbons (Fsp3) is 0.500. The molecule has 18 heavy (non-hydrogen) atoms. The minimum absolute atomic E-state index is 0.472. The van der Waals surface area contributed by atoms with Crippen LogP contribution in [-0.4, -0.2) is 36.7 Å². The van der Waals surface area contributed by atoms with Gasteiger partial charge < -0.3 is 0 Å². The van der Waals surface area contributed by atoms with E-state index < -0.39 is 10.2 Å². The van der Waals surface area contributed by atoms with Crippen LogP contribution in [0.25, 0.3) is 0 Å². The molecule has 6 heteroatoms. The van der Waals surface area contributed by atoms with Crippen LogP contribution in [0.15, 0.2) is 24.3 Å². The van der Waals surface area contributed by atoms with Gasteiger partial charge in [0.1, 0.15) is 0 Å². The fourth-order valence-electron chi connectivity index (χ4n) is 2.05. The van der Waals surface area contributed by atoms with Crippen LogP contribution in [0, 0.1) is 3.57 Å². The molecule has 0 amide bonds. The summed E-state index contributed by atoms with van der Waals surface area (Å²) in [5.74, 6) is 0. The number of benzene rings is 1. The molecule has 1 aromatic rings. The van der Waals surface area contributed by atoms with Gasteiger partial charge in [-0.3, -0.25) is 0 Å². The third-order valence-electron chi connectivity index (χ3n) is 3.00. The molecule has 1 saturated heterocycles. The minimum Gasteiger partial charge on any atom is -0.195 e. The van der Waals surface area contributed by atoms with Crippen LogP contribution in [0.4, 0.5) is 0 Å². The highest BCUT2D eigenvalue weighted by molar-refractivity contribution is 14.1. The molecule has 0 aromatic heterocycles. The second-order valence-corrected chi connectivity index (χ2v) is 7.54. The van der Waals surface area contributed by atoms with E-state index in [1.54, 1.807) is 8.61 Å². The van der Waals surface area contributed by atoms with Crippen molar-refractivity contribution in [2.45, 2.75) is 19.9 Å². The van der Waals surface area contributed by atoms with Crippen LogP contribution in [0.1, 0.15) is 18.9 Å². The average Bonchev–Trinajstić information content (AvgIpc) is 2.60. The molecule has 1 aliphatic rings. The summed E-state index contributed by atoms with van der Waals surface area (Å²) in [4.78, 5) is 0. The highest BCUT2D eigenvalue weighted by atomic mass is 127. The minimum atomic E-state index is -3.23. The van der Waals surface area contributed by atoms with E-state index in [-0.39, 0.29) is 0 Å². The van der Waals surface area contributed by atoms with Gasteiger partial charge in [0.05, 0.1) is 0 Å². The number of hydrogen-bond donors (Lipinski definition) is 0.